The van der Waals surface area contributed by atoms with E-state index >= 15 is 0 Å². The third-order valence-corrected chi connectivity index (χ3v) is 17.2. The fourth-order valence-electron chi connectivity index (χ4n) is 7.97. The Morgan fingerprint density at radius 1 is 1.00 bits per heavy atom. The molecule has 3 saturated heterocycles. The highest BCUT2D eigenvalue weighted by atomic mass is 32.2. The van der Waals surface area contributed by atoms with Crippen LogP contribution in [0.5, 0.6) is 0 Å². The summed E-state index contributed by atoms with van der Waals surface area (Å²) in [5.41, 5.74) is 2.69. The molecule has 8 nitrogen and oxygen atoms in total. The molecular weight excluding hydrogens is 749 g/mol. The Balaban J connectivity index is 1.38. The second kappa shape index (κ2) is 20.5. The van der Waals surface area contributed by atoms with Gasteiger partial charge in [0.2, 0.25) is 0 Å². The van der Waals surface area contributed by atoms with Crippen LogP contribution in [0.4, 0.5) is 0 Å². The largest absolute Gasteiger partial charge is 0.389 e. The zero-order valence-corrected chi connectivity index (χ0v) is 36.2. The SMILES string of the molecule is C=C1C[C@H](CCC2SCCCS2)O[C@H]1CC[C@H](C[C@H](C)C(=C)[C@H](O)C[C@@H]1O[C@H](C[C@H](C)CC)[C@H](C)[C@H]1CS(=O)(=O)c1ccc(CC)cc1)OS(C)(=O)=O. The highest BCUT2D eigenvalue weighted by Crippen LogP contribution is 2.41. The van der Waals surface area contributed by atoms with Gasteiger partial charge in [-0.2, -0.15) is 8.42 Å². The van der Waals surface area contributed by atoms with Crippen molar-refractivity contribution < 1.29 is 35.6 Å². The van der Waals surface area contributed by atoms with Gasteiger partial charge in [0, 0.05) is 12.3 Å². The molecule has 3 fully saturated rings. The van der Waals surface area contributed by atoms with Crippen LogP contribution in [0.2, 0.25) is 0 Å². The van der Waals surface area contributed by atoms with E-state index in [0.717, 1.165) is 55.9 Å². The number of aliphatic hydroxyl groups excluding tert-OH is 1. The lowest BCUT2D eigenvalue weighted by molar-refractivity contribution is -0.00399. The molecule has 3 aliphatic rings. The minimum atomic E-state index is -3.74. The number of thioether (sulfide) groups is 2. The minimum Gasteiger partial charge on any atom is -0.389 e. The molecule has 53 heavy (non-hydrogen) atoms. The fourth-order valence-corrected chi connectivity index (χ4v) is 13.3. The molecule has 0 spiro atoms. The quantitative estimate of drug-likeness (QED) is 0.0956. The first-order chi connectivity index (χ1) is 25.0. The second-order valence-corrected chi connectivity index (χ2v) is 22.5. The van der Waals surface area contributed by atoms with Gasteiger partial charge in [-0.3, -0.25) is 4.18 Å². The Morgan fingerprint density at radius 3 is 2.30 bits per heavy atom. The number of ether oxygens (including phenoxy) is 2. The molecule has 1 aromatic carbocycles. The van der Waals surface area contributed by atoms with Gasteiger partial charge >= 0.3 is 0 Å². The number of hydrogen-bond acceptors (Lipinski definition) is 10. The van der Waals surface area contributed by atoms with Gasteiger partial charge < -0.3 is 14.6 Å². The van der Waals surface area contributed by atoms with Gasteiger partial charge in [0.1, 0.15) is 0 Å². The number of aryl methyl sites for hydroxylation is 1. The van der Waals surface area contributed by atoms with Crippen molar-refractivity contribution in [3.63, 3.8) is 0 Å². The van der Waals surface area contributed by atoms with Gasteiger partial charge in [-0.1, -0.05) is 66.3 Å². The van der Waals surface area contributed by atoms with E-state index in [1.165, 1.54) is 17.9 Å². The van der Waals surface area contributed by atoms with E-state index in [-0.39, 0.29) is 48.2 Å². The van der Waals surface area contributed by atoms with Crippen LogP contribution in [-0.4, -0.2) is 86.7 Å². The number of aliphatic hydroxyl groups is 1. The van der Waals surface area contributed by atoms with E-state index in [1.807, 2.05) is 49.5 Å². The molecule has 0 radical (unpaired) electrons. The lowest BCUT2D eigenvalue weighted by Crippen LogP contribution is -2.32. The summed E-state index contributed by atoms with van der Waals surface area (Å²) >= 11 is 4.09. The monoisotopic (exact) mass is 814 g/mol. The Morgan fingerprint density at radius 2 is 1.68 bits per heavy atom. The maximum Gasteiger partial charge on any atom is 0.264 e. The highest BCUT2D eigenvalue weighted by Gasteiger charge is 2.45. The Kier molecular flexibility index (Phi) is 17.4. The summed E-state index contributed by atoms with van der Waals surface area (Å²) in [7, 11) is -7.34. The van der Waals surface area contributed by atoms with Gasteiger partial charge in [-0.05, 0) is 116 Å². The first-order valence-electron chi connectivity index (χ1n) is 19.8. The summed E-state index contributed by atoms with van der Waals surface area (Å²) in [4.78, 5) is 0.307. The molecule has 4 rings (SSSR count). The molecule has 0 aliphatic carbocycles. The van der Waals surface area contributed by atoms with Crippen LogP contribution >= 0.6 is 23.5 Å². The summed E-state index contributed by atoms with van der Waals surface area (Å²) in [6, 6.07) is 7.12. The van der Waals surface area contributed by atoms with E-state index in [1.54, 1.807) is 12.1 Å². The van der Waals surface area contributed by atoms with Crippen molar-refractivity contribution in [1.29, 1.82) is 0 Å². The van der Waals surface area contributed by atoms with E-state index in [4.69, 9.17) is 13.7 Å². The molecule has 1 aromatic rings. The van der Waals surface area contributed by atoms with Gasteiger partial charge in [0.25, 0.3) is 10.1 Å². The van der Waals surface area contributed by atoms with Crippen molar-refractivity contribution >= 4 is 43.5 Å². The predicted molar refractivity (Wildman–Crippen MR) is 221 cm³/mol. The smallest absolute Gasteiger partial charge is 0.264 e. The van der Waals surface area contributed by atoms with E-state index in [2.05, 4.69) is 33.9 Å². The molecule has 0 amide bonds. The molecule has 302 valence electrons. The van der Waals surface area contributed by atoms with E-state index < -0.39 is 38.3 Å². The van der Waals surface area contributed by atoms with Gasteiger partial charge in [-0.15, -0.1) is 23.5 Å². The van der Waals surface area contributed by atoms with Gasteiger partial charge in [-0.25, -0.2) is 8.42 Å². The molecule has 0 bridgehead atoms. The van der Waals surface area contributed by atoms with Gasteiger partial charge in [0.15, 0.2) is 9.84 Å². The topological polar surface area (TPSA) is 116 Å². The van der Waals surface area contributed by atoms with Crippen molar-refractivity contribution in [2.45, 2.75) is 151 Å². The fraction of sp³-hybridized carbons (Fsp3) is 0.756. The first-order valence-corrected chi connectivity index (χ1v) is 25.3. The summed E-state index contributed by atoms with van der Waals surface area (Å²) in [5, 5.41) is 11.6. The van der Waals surface area contributed by atoms with Crippen LogP contribution in [0.15, 0.2) is 53.5 Å². The van der Waals surface area contributed by atoms with Crippen LogP contribution < -0.4 is 0 Å². The normalized spacial score (nSPS) is 28.2. The summed E-state index contributed by atoms with van der Waals surface area (Å²) in [6.45, 7) is 18.9. The van der Waals surface area contributed by atoms with Crippen molar-refractivity contribution in [3.8, 4) is 0 Å². The molecule has 1 N–H and O–H groups in total. The zero-order valence-electron chi connectivity index (χ0n) is 32.9. The molecule has 3 heterocycles. The minimum absolute atomic E-state index is 0.0127. The number of rotatable bonds is 21. The molecule has 0 unspecified atom stereocenters. The number of sulfone groups is 1. The average Bonchev–Trinajstić information content (AvgIpc) is 3.61. The predicted octanol–water partition coefficient (Wildman–Crippen LogP) is 8.63. The lowest BCUT2D eigenvalue weighted by Gasteiger charge is -2.28. The summed E-state index contributed by atoms with van der Waals surface area (Å²) in [5.74, 6) is 2.24. The van der Waals surface area contributed by atoms with Crippen LogP contribution in [0.3, 0.4) is 0 Å². The summed E-state index contributed by atoms with van der Waals surface area (Å²) in [6.07, 6.45) is 7.43. The van der Waals surface area contributed by atoms with Crippen LogP contribution in [-0.2, 0) is 40.0 Å². The van der Waals surface area contributed by atoms with Crippen LogP contribution in [0.25, 0.3) is 0 Å². The summed E-state index contributed by atoms with van der Waals surface area (Å²) < 4.78 is 71.3. The van der Waals surface area contributed by atoms with Crippen molar-refractivity contribution in [3.05, 3.63) is 54.1 Å². The molecular formula is C41H66O8S4. The van der Waals surface area contributed by atoms with Crippen LogP contribution in [0.1, 0.15) is 104 Å². The zero-order chi connectivity index (χ0) is 38.9. The second-order valence-electron chi connectivity index (χ2n) is 15.9. The first kappa shape index (κ1) is 44.8. The number of benzene rings is 1. The average molecular weight is 815 g/mol. The van der Waals surface area contributed by atoms with Crippen molar-refractivity contribution in [2.24, 2.45) is 23.7 Å². The van der Waals surface area contributed by atoms with Crippen LogP contribution in [0, 0.1) is 23.7 Å². The Bertz CT molecular complexity index is 1540. The highest BCUT2D eigenvalue weighted by molar-refractivity contribution is 8.17. The van der Waals surface area contributed by atoms with E-state index in [0.29, 0.717) is 40.2 Å². The third kappa shape index (κ3) is 13.6. The molecule has 0 aromatic heterocycles. The number of hydrogen-bond donors (Lipinski definition) is 1. The Hall–Kier alpha value is -0.860. The molecule has 0 saturated carbocycles. The van der Waals surface area contributed by atoms with E-state index in [9.17, 15) is 21.9 Å². The maximum absolute atomic E-state index is 13.7. The van der Waals surface area contributed by atoms with Crippen molar-refractivity contribution in [1.82, 2.24) is 0 Å². The molecule has 12 heteroatoms. The van der Waals surface area contributed by atoms with Gasteiger partial charge in [0.05, 0.1) is 58.1 Å². The van der Waals surface area contributed by atoms with Crippen molar-refractivity contribution in [2.75, 3.05) is 23.5 Å². The standard InChI is InChI=1S/C41H66O8S4/c1-9-27(3)22-39-31(7)36(26-53(45,46)35-16-12-32(10-2)13-17-35)40(48-39)25-37(42)30(6)28(4)23-34(49-52(8,43)44)14-18-38-29(5)24-33(47-38)15-19-41-50-20-11-21-51-41/h12-13,16-17,27-28,31,33-34,36-42H,5-6,9-11,14-15,18-26H2,1-4,7-8H3/t27-,28+,31-,33+,34-,36-,37-,38+,39-,40+/m1/s1. The molecule has 3 aliphatic heterocycles. The maximum atomic E-state index is 13.7. The molecule has 10 atom stereocenters. The Labute approximate surface area is 330 Å². The third-order valence-electron chi connectivity index (χ3n) is 11.6. The lowest BCUT2D eigenvalue weighted by atomic mass is 9.83.